The highest BCUT2D eigenvalue weighted by Crippen LogP contribution is 2.15. The van der Waals surface area contributed by atoms with Gasteiger partial charge >= 0.3 is 0 Å². The minimum Gasteiger partial charge on any atom is -0.325 e. The first-order chi connectivity index (χ1) is 5.38. The summed E-state index contributed by atoms with van der Waals surface area (Å²) in [4.78, 5) is 0. The van der Waals surface area contributed by atoms with Crippen molar-refractivity contribution in [1.29, 1.82) is 0 Å². The predicted octanol–water partition coefficient (Wildman–Crippen LogP) is 1.95. The van der Waals surface area contributed by atoms with Gasteiger partial charge in [-0.1, -0.05) is 20.3 Å². The van der Waals surface area contributed by atoms with Gasteiger partial charge in [0.05, 0.1) is 0 Å². The number of hydrogen-bond acceptors (Lipinski definition) is 2. The molecule has 1 heterocycles. The summed E-state index contributed by atoms with van der Waals surface area (Å²) in [5.74, 6) is 0. The Bertz CT molecular complexity index is 150. The molecule has 0 fully saturated rings. The van der Waals surface area contributed by atoms with Crippen LogP contribution in [0.15, 0.2) is 11.3 Å². The van der Waals surface area contributed by atoms with E-state index in [1.807, 2.05) is 0 Å². The molecule has 1 aliphatic rings. The molecule has 1 aliphatic heterocycles. The second-order valence-corrected chi connectivity index (χ2v) is 3.02. The molecule has 0 saturated carbocycles. The highest BCUT2D eigenvalue weighted by atomic mass is 15.4. The molecule has 2 N–H and O–H groups in total. The van der Waals surface area contributed by atoms with Crippen LogP contribution in [0.1, 0.15) is 39.5 Å². The van der Waals surface area contributed by atoms with Gasteiger partial charge in [-0.15, -0.1) is 0 Å². The molecule has 64 valence electrons. The molecule has 0 aromatic carbocycles. The van der Waals surface area contributed by atoms with Crippen molar-refractivity contribution in [2.24, 2.45) is 0 Å². The minimum absolute atomic E-state index is 1.04. The molecule has 0 radical (unpaired) electrons. The average Bonchev–Trinajstić information content (AvgIpc) is 2.47. The standard InChI is InChI=1S/C9H18N2/c1-3-5-6-8-7-10-11-9(8)4-2/h10-11H,3-7H2,1-2H3. The van der Waals surface area contributed by atoms with Crippen molar-refractivity contribution in [3.8, 4) is 0 Å². The van der Waals surface area contributed by atoms with E-state index in [-0.39, 0.29) is 0 Å². The number of allylic oxidation sites excluding steroid dienone is 1. The highest BCUT2D eigenvalue weighted by Gasteiger charge is 2.09. The summed E-state index contributed by atoms with van der Waals surface area (Å²) in [5, 5.41) is 0. The zero-order valence-electron chi connectivity index (χ0n) is 7.54. The van der Waals surface area contributed by atoms with Gasteiger partial charge in [0.25, 0.3) is 0 Å². The summed E-state index contributed by atoms with van der Waals surface area (Å²) in [6, 6.07) is 0. The summed E-state index contributed by atoms with van der Waals surface area (Å²) in [6.07, 6.45) is 5.01. The van der Waals surface area contributed by atoms with Gasteiger partial charge in [-0.3, -0.25) is 0 Å². The summed E-state index contributed by atoms with van der Waals surface area (Å²) < 4.78 is 0. The van der Waals surface area contributed by atoms with Crippen LogP contribution in [0, 0.1) is 0 Å². The monoisotopic (exact) mass is 154 g/mol. The van der Waals surface area contributed by atoms with Gasteiger partial charge in [0.2, 0.25) is 0 Å². The van der Waals surface area contributed by atoms with Crippen molar-refractivity contribution < 1.29 is 0 Å². The lowest BCUT2D eigenvalue weighted by atomic mass is 10.1. The van der Waals surface area contributed by atoms with Crippen LogP contribution in [-0.4, -0.2) is 6.54 Å². The number of hydrogen-bond donors (Lipinski definition) is 2. The SMILES string of the molecule is CCCCC1=C(CC)NNC1. The molecular weight excluding hydrogens is 136 g/mol. The maximum atomic E-state index is 3.19. The van der Waals surface area contributed by atoms with Crippen LogP contribution in [0.5, 0.6) is 0 Å². The Balaban J connectivity index is 2.39. The number of unbranched alkanes of at least 4 members (excludes halogenated alkanes) is 1. The maximum Gasteiger partial charge on any atom is 0.0378 e. The van der Waals surface area contributed by atoms with Gasteiger partial charge in [0, 0.05) is 12.2 Å². The van der Waals surface area contributed by atoms with E-state index >= 15 is 0 Å². The largest absolute Gasteiger partial charge is 0.325 e. The number of hydrazine groups is 1. The maximum absolute atomic E-state index is 3.19. The fourth-order valence-corrected chi connectivity index (χ4v) is 1.42. The Kier molecular flexibility index (Phi) is 3.43. The van der Waals surface area contributed by atoms with Gasteiger partial charge in [0.1, 0.15) is 0 Å². The molecule has 0 atom stereocenters. The zero-order chi connectivity index (χ0) is 8.10. The second kappa shape index (κ2) is 4.39. The van der Waals surface area contributed by atoms with Crippen LogP contribution >= 0.6 is 0 Å². The first kappa shape index (κ1) is 8.60. The molecule has 11 heavy (non-hydrogen) atoms. The zero-order valence-corrected chi connectivity index (χ0v) is 7.54. The van der Waals surface area contributed by atoms with E-state index in [0.717, 1.165) is 13.0 Å². The fourth-order valence-electron chi connectivity index (χ4n) is 1.42. The summed E-state index contributed by atoms with van der Waals surface area (Å²) in [7, 11) is 0. The van der Waals surface area contributed by atoms with E-state index in [1.54, 1.807) is 5.57 Å². The number of nitrogens with one attached hydrogen (secondary N) is 2. The first-order valence-corrected chi connectivity index (χ1v) is 4.58. The normalized spacial score (nSPS) is 17.3. The Morgan fingerprint density at radius 3 is 2.82 bits per heavy atom. The van der Waals surface area contributed by atoms with E-state index < -0.39 is 0 Å². The Hall–Kier alpha value is -0.500. The Morgan fingerprint density at radius 2 is 2.18 bits per heavy atom. The van der Waals surface area contributed by atoms with Gasteiger partial charge in [-0.05, 0) is 24.8 Å². The van der Waals surface area contributed by atoms with Crippen LogP contribution in [0.2, 0.25) is 0 Å². The smallest absolute Gasteiger partial charge is 0.0378 e. The third kappa shape index (κ3) is 2.22. The van der Waals surface area contributed by atoms with Gasteiger partial charge in [-0.25, -0.2) is 5.43 Å². The van der Waals surface area contributed by atoms with Gasteiger partial charge < -0.3 is 5.43 Å². The van der Waals surface area contributed by atoms with Crippen molar-refractivity contribution in [1.82, 2.24) is 10.9 Å². The molecule has 1 rings (SSSR count). The summed E-state index contributed by atoms with van der Waals surface area (Å²) in [5.41, 5.74) is 9.35. The average molecular weight is 154 g/mol. The summed E-state index contributed by atoms with van der Waals surface area (Å²) >= 11 is 0. The molecule has 0 aromatic rings. The van der Waals surface area contributed by atoms with Crippen molar-refractivity contribution in [2.45, 2.75) is 39.5 Å². The molecular formula is C9H18N2. The molecule has 0 saturated heterocycles. The molecule has 0 bridgehead atoms. The first-order valence-electron chi connectivity index (χ1n) is 4.58. The molecule has 0 spiro atoms. The van der Waals surface area contributed by atoms with E-state index in [9.17, 15) is 0 Å². The third-order valence-corrected chi connectivity index (χ3v) is 2.15. The Labute approximate surface area is 69.0 Å². The highest BCUT2D eigenvalue weighted by molar-refractivity contribution is 5.17. The van der Waals surface area contributed by atoms with Crippen LogP contribution < -0.4 is 10.9 Å². The molecule has 0 amide bonds. The van der Waals surface area contributed by atoms with Crippen molar-refractivity contribution in [3.05, 3.63) is 11.3 Å². The van der Waals surface area contributed by atoms with Crippen LogP contribution in [0.25, 0.3) is 0 Å². The van der Waals surface area contributed by atoms with E-state index in [2.05, 4.69) is 24.7 Å². The van der Waals surface area contributed by atoms with Crippen LogP contribution in [-0.2, 0) is 0 Å². The molecule has 2 nitrogen and oxygen atoms in total. The molecule has 0 unspecified atom stereocenters. The summed E-state index contributed by atoms with van der Waals surface area (Å²) in [6.45, 7) is 5.48. The van der Waals surface area contributed by atoms with E-state index in [4.69, 9.17) is 0 Å². The van der Waals surface area contributed by atoms with Crippen LogP contribution in [0.3, 0.4) is 0 Å². The lowest BCUT2D eigenvalue weighted by Gasteiger charge is -2.01. The van der Waals surface area contributed by atoms with Gasteiger partial charge in [-0.2, -0.15) is 0 Å². The molecule has 0 aliphatic carbocycles. The van der Waals surface area contributed by atoms with Crippen molar-refractivity contribution in [2.75, 3.05) is 6.54 Å². The second-order valence-electron chi connectivity index (χ2n) is 3.02. The van der Waals surface area contributed by atoms with E-state index in [1.165, 1.54) is 25.0 Å². The van der Waals surface area contributed by atoms with Crippen molar-refractivity contribution >= 4 is 0 Å². The number of rotatable bonds is 4. The minimum atomic E-state index is 1.04. The fraction of sp³-hybridized carbons (Fsp3) is 0.778. The van der Waals surface area contributed by atoms with Gasteiger partial charge in [0.15, 0.2) is 0 Å². The third-order valence-electron chi connectivity index (χ3n) is 2.15. The predicted molar refractivity (Wildman–Crippen MR) is 48.0 cm³/mol. The van der Waals surface area contributed by atoms with Crippen molar-refractivity contribution in [3.63, 3.8) is 0 Å². The molecule has 2 heteroatoms. The van der Waals surface area contributed by atoms with Crippen LogP contribution in [0.4, 0.5) is 0 Å². The quantitative estimate of drug-likeness (QED) is 0.646. The van der Waals surface area contributed by atoms with E-state index in [0.29, 0.717) is 0 Å². The Morgan fingerprint density at radius 1 is 1.36 bits per heavy atom. The lowest BCUT2D eigenvalue weighted by Crippen LogP contribution is -2.23. The topological polar surface area (TPSA) is 24.1 Å². The lowest BCUT2D eigenvalue weighted by molar-refractivity contribution is 0.678. The molecule has 0 aromatic heterocycles.